The molecule has 272 valence electrons. The summed E-state index contributed by atoms with van der Waals surface area (Å²) < 4.78 is 49.8. The highest BCUT2D eigenvalue weighted by Crippen LogP contribution is 2.46. The first-order valence-corrected chi connectivity index (χ1v) is 19.1. The number of pyridine rings is 1. The van der Waals surface area contributed by atoms with E-state index in [4.69, 9.17) is 9.72 Å². The standard InChI is InChI=1S/C40H35F3N4O4S2/c1-22-16-28(37(44-23(22)2)46-20-40(21-46)10-13-51-14-11-40)38(49)45-25-6-7-26(31(43)18-25)39(50)47-12-8-24-17-34(53-35(24)36-32(47)9-15-52-36)33(48)19-27-29(41)4-3-5-30(27)42/h3-7,9,15-18H,8,10-14,19-21H2,1-2H3,(H,45,49). The third kappa shape index (κ3) is 6.55. The van der Waals surface area contributed by atoms with E-state index < -0.39 is 41.5 Å². The SMILES string of the molecule is Cc1cc(C(=O)Nc2ccc(C(=O)N3CCc4cc(C(=O)Cc5c(F)cccc5F)sc4-c4sccc43)c(F)c2)c(N2CC3(CCOCC3)C2)nc1C. The number of thiophene rings is 2. The molecule has 0 bridgehead atoms. The van der Waals surface area contributed by atoms with E-state index in [1.165, 1.54) is 45.8 Å². The maximum atomic E-state index is 15.8. The van der Waals surface area contributed by atoms with Crippen molar-refractivity contribution in [1.82, 2.24) is 4.98 Å². The van der Waals surface area contributed by atoms with Gasteiger partial charge >= 0.3 is 0 Å². The van der Waals surface area contributed by atoms with E-state index in [0.29, 0.717) is 28.4 Å². The predicted octanol–water partition coefficient (Wildman–Crippen LogP) is 8.40. The summed E-state index contributed by atoms with van der Waals surface area (Å²) in [5.74, 6) is -3.07. The highest BCUT2D eigenvalue weighted by atomic mass is 32.1. The Morgan fingerprint density at radius 1 is 0.925 bits per heavy atom. The number of Topliss-reactive ketones (excluding diaryl/α,β-unsaturated/α-hetero) is 1. The first-order chi connectivity index (χ1) is 25.5. The van der Waals surface area contributed by atoms with Crippen molar-refractivity contribution in [2.75, 3.05) is 48.0 Å². The molecule has 3 aliphatic heterocycles. The summed E-state index contributed by atoms with van der Waals surface area (Å²) >= 11 is 2.61. The quantitative estimate of drug-likeness (QED) is 0.168. The lowest BCUT2D eigenvalue weighted by Crippen LogP contribution is -2.59. The highest BCUT2D eigenvalue weighted by Gasteiger charge is 2.45. The summed E-state index contributed by atoms with van der Waals surface area (Å²) in [5.41, 5.74) is 3.48. The molecule has 3 aromatic heterocycles. The molecule has 6 heterocycles. The number of ether oxygens (including phenoxy) is 1. The molecule has 0 saturated carbocycles. The number of carbonyl (C=O) groups excluding carboxylic acids is 3. The Labute approximate surface area is 312 Å². The van der Waals surface area contributed by atoms with E-state index in [1.54, 1.807) is 12.1 Å². The Balaban J connectivity index is 0.989. The molecule has 2 saturated heterocycles. The van der Waals surface area contributed by atoms with Crippen molar-refractivity contribution in [2.45, 2.75) is 39.5 Å². The monoisotopic (exact) mass is 756 g/mol. The Hall–Kier alpha value is -4.85. The third-order valence-corrected chi connectivity index (χ3v) is 12.8. The molecular formula is C40H35F3N4O4S2. The number of fused-ring (bicyclic) bond motifs is 3. The van der Waals surface area contributed by atoms with Gasteiger partial charge in [-0.05, 0) is 98.1 Å². The van der Waals surface area contributed by atoms with Crippen molar-refractivity contribution in [1.29, 1.82) is 0 Å². The molecular weight excluding hydrogens is 722 g/mol. The van der Waals surface area contributed by atoms with Gasteiger partial charge in [-0.25, -0.2) is 18.2 Å². The number of amides is 2. The fraction of sp³-hybridized carbons (Fsp3) is 0.300. The normalized spacial score (nSPS) is 16.1. The molecule has 8 rings (SSSR count). The topological polar surface area (TPSA) is 91.8 Å². The van der Waals surface area contributed by atoms with Gasteiger partial charge in [-0.3, -0.25) is 14.4 Å². The summed E-state index contributed by atoms with van der Waals surface area (Å²) in [4.78, 5) is 51.1. The molecule has 0 unspecified atom stereocenters. The number of anilines is 3. The first-order valence-electron chi connectivity index (χ1n) is 17.4. The third-order valence-electron chi connectivity index (χ3n) is 10.5. The summed E-state index contributed by atoms with van der Waals surface area (Å²) in [6.45, 7) is 7.09. The fourth-order valence-corrected chi connectivity index (χ4v) is 9.62. The Morgan fingerprint density at radius 2 is 1.68 bits per heavy atom. The van der Waals surface area contributed by atoms with Crippen molar-refractivity contribution < 1.29 is 32.3 Å². The average Bonchev–Trinajstić information content (AvgIpc) is 3.75. The number of ketones is 1. The van der Waals surface area contributed by atoms with Crippen molar-refractivity contribution in [3.63, 3.8) is 0 Å². The maximum absolute atomic E-state index is 15.8. The van der Waals surface area contributed by atoms with Crippen LogP contribution in [0, 0.1) is 36.7 Å². The van der Waals surface area contributed by atoms with Gasteiger partial charge in [-0.15, -0.1) is 22.7 Å². The maximum Gasteiger partial charge on any atom is 0.261 e. The second kappa shape index (κ2) is 13.9. The fourth-order valence-electron chi connectivity index (χ4n) is 7.39. The van der Waals surface area contributed by atoms with Crippen LogP contribution in [-0.2, 0) is 17.6 Å². The van der Waals surface area contributed by atoms with Crippen LogP contribution in [0.25, 0.3) is 9.75 Å². The molecule has 53 heavy (non-hydrogen) atoms. The van der Waals surface area contributed by atoms with Gasteiger partial charge in [0.2, 0.25) is 0 Å². The summed E-state index contributed by atoms with van der Waals surface area (Å²) in [6, 6.07) is 12.9. The molecule has 13 heteroatoms. The minimum atomic E-state index is -0.778. The molecule has 0 radical (unpaired) electrons. The minimum Gasteiger partial charge on any atom is -0.381 e. The van der Waals surface area contributed by atoms with Gasteiger partial charge in [0.1, 0.15) is 23.3 Å². The molecule has 1 spiro atoms. The number of hydrogen-bond donors (Lipinski definition) is 1. The number of rotatable bonds is 7. The Bertz CT molecular complexity index is 2270. The van der Waals surface area contributed by atoms with Crippen LogP contribution >= 0.6 is 22.7 Å². The van der Waals surface area contributed by atoms with Crippen LogP contribution in [0.2, 0.25) is 0 Å². The zero-order chi connectivity index (χ0) is 37.0. The molecule has 3 aliphatic rings. The lowest BCUT2D eigenvalue weighted by molar-refractivity contribution is -0.000520. The van der Waals surface area contributed by atoms with Gasteiger partial charge < -0.3 is 19.9 Å². The second-order valence-corrected chi connectivity index (χ2v) is 16.0. The average molecular weight is 757 g/mol. The molecule has 8 nitrogen and oxygen atoms in total. The Kier molecular flexibility index (Phi) is 9.20. The van der Waals surface area contributed by atoms with Crippen molar-refractivity contribution in [3.8, 4) is 9.75 Å². The number of hydrogen-bond acceptors (Lipinski definition) is 8. The summed E-state index contributed by atoms with van der Waals surface area (Å²) in [7, 11) is 0. The van der Waals surface area contributed by atoms with Crippen LogP contribution in [0.3, 0.4) is 0 Å². The largest absolute Gasteiger partial charge is 0.381 e. The van der Waals surface area contributed by atoms with Crippen LogP contribution in [0.4, 0.5) is 30.4 Å². The smallest absolute Gasteiger partial charge is 0.261 e. The number of aryl methyl sites for hydroxylation is 2. The lowest BCUT2D eigenvalue weighted by Gasteiger charge is -2.53. The van der Waals surface area contributed by atoms with Crippen LogP contribution in [-0.4, -0.2) is 55.4 Å². The number of nitrogens with one attached hydrogen (secondary N) is 1. The zero-order valence-corrected chi connectivity index (χ0v) is 30.7. The lowest BCUT2D eigenvalue weighted by atomic mass is 9.73. The number of benzene rings is 2. The highest BCUT2D eigenvalue weighted by molar-refractivity contribution is 7.23. The molecule has 2 amide bonds. The van der Waals surface area contributed by atoms with E-state index in [0.717, 1.165) is 83.9 Å². The van der Waals surface area contributed by atoms with E-state index in [9.17, 15) is 23.2 Å². The molecule has 5 aromatic rings. The molecule has 2 aromatic carbocycles. The first kappa shape index (κ1) is 35.2. The van der Waals surface area contributed by atoms with Gasteiger partial charge in [-0.2, -0.15) is 0 Å². The van der Waals surface area contributed by atoms with Gasteiger partial charge in [-0.1, -0.05) is 6.07 Å². The summed E-state index contributed by atoms with van der Waals surface area (Å²) in [6.07, 6.45) is 1.93. The van der Waals surface area contributed by atoms with Crippen molar-refractivity contribution in [3.05, 3.63) is 116 Å². The van der Waals surface area contributed by atoms with E-state index in [-0.39, 0.29) is 28.8 Å². The summed E-state index contributed by atoms with van der Waals surface area (Å²) in [5, 5.41) is 4.64. The van der Waals surface area contributed by atoms with Crippen LogP contribution in [0.15, 0.2) is 60.0 Å². The molecule has 2 fully saturated rings. The predicted molar refractivity (Wildman–Crippen MR) is 200 cm³/mol. The van der Waals surface area contributed by atoms with Gasteiger partial charge in [0.25, 0.3) is 11.8 Å². The molecule has 1 N–H and O–H groups in total. The van der Waals surface area contributed by atoms with Crippen LogP contribution < -0.4 is 15.1 Å². The minimum absolute atomic E-state index is 0.149. The van der Waals surface area contributed by atoms with Crippen LogP contribution in [0.5, 0.6) is 0 Å². The molecule has 0 atom stereocenters. The second-order valence-electron chi connectivity index (χ2n) is 14.0. The van der Waals surface area contributed by atoms with E-state index >= 15 is 4.39 Å². The number of aromatic nitrogens is 1. The van der Waals surface area contributed by atoms with Gasteiger partial charge in [0.05, 0.1) is 31.4 Å². The van der Waals surface area contributed by atoms with Crippen LogP contribution in [0.1, 0.15) is 65.6 Å². The van der Waals surface area contributed by atoms with Crippen molar-refractivity contribution >= 4 is 57.5 Å². The number of nitrogens with zero attached hydrogens (tertiary/aromatic N) is 3. The van der Waals surface area contributed by atoms with E-state index in [1.807, 2.05) is 25.3 Å². The molecule has 0 aliphatic carbocycles. The van der Waals surface area contributed by atoms with Gasteiger partial charge in [0.15, 0.2) is 5.78 Å². The van der Waals surface area contributed by atoms with Gasteiger partial charge in [0, 0.05) is 61.6 Å². The van der Waals surface area contributed by atoms with Crippen molar-refractivity contribution in [2.24, 2.45) is 5.41 Å². The van der Waals surface area contributed by atoms with E-state index in [2.05, 4.69) is 10.2 Å². The Morgan fingerprint density at radius 3 is 2.42 bits per heavy atom. The number of halogens is 3. The zero-order valence-electron chi connectivity index (χ0n) is 29.1. The number of carbonyl (C=O) groups is 3.